The average Bonchev–Trinajstić information content (AvgIpc) is 2.01. The van der Waals surface area contributed by atoms with Crippen LogP contribution in [0.2, 0.25) is 0 Å². The molecule has 0 aromatic heterocycles. The van der Waals surface area contributed by atoms with Crippen LogP contribution in [0.1, 0.15) is 6.92 Å². The highest BCUT2D eigenvalue weighted by molar-refractivity contribution is 6.04. The Morgan fingerprint density at radius 2 is 1.40 bits per heavy atom. The molecule has 0 radical (unpaired) electrons. The quantitative estimate of drug-likeness (QED) is 0.317. The Morgan fingerprint density at radius 1 is 1.00 bits per heavy atom. The molecule has 0 saturated carbocycles. The summed E-state index contributed by atoms with van der Waals surface area (Å²) in [6, 6.07) is 0. The topological polar surface area (TPSA) is 51.2 Å². The van der Waals surface area contributed by atoms with Crippen LogP contribution in [0.4, 0.5) is 0 Å². The Labute approximate surface area is 58.7 Å². The second kappa shape index (κ2) is 3.71. The van der Waals surface area contributed by atoms with Crippen molar-refractivity contribution in [1.29, 1.82) is 0 Å². The fraction of sp³-hybridized carbons (Fsp3) is 0.286. The summed E-state index contributed by atoms with van der Waals surface area (Å²) in [6.45, 7) is 1.63. The lowest BCUT2D eigenvalue weighted by Gasteiger charge is -2.04. The second-order valence-corrected chi connectivity index (χ2v) is 1.85. The Balaban J connectivity index is 4.62. The highest BCUT2D eigenvalue weighted by Crippen LogP contribution is 2.07. The maximum absolute atomic E-state index is 10.2. The molecule has 3 nitrogen and oxygen atoms in total. The van der Waals surface area contributed by atoms with Gasteiger partial charge in [0, 0.05) is 0 Å². The number of aldehydes is 3. The van der Waals surface area contributed by atoms with Crippen molar-refractivity contribution in [2.75, 3.05) is 0 Å². The fourth-order valence-corrected chi connectivity index (χ4v) is 0.490. The molecule has 0 bridgehead atoms. The molecule has 0 unspecified atom stereocenters. The predicted octanol–water partition coefficient (Wildman–Crippen LogP) is 0.146. The lowest BCUT2D eigenvalue weighted by molar-refractivity contribution is -0.129. The van der Waals surface area contributed by atoms with Gasteiger partial charge in [-0.3, -0.25) is 0 Å². The number of carbonyl (C=O) groups excluding carboxylic acids is 3. The van der Waals surface area contributed by atoms with Crippen molar-refractivity contribution < 1.29 is 14.4 Å². The summed E-state index contributed by atoms with van der Waals surface area (Å²) in [5.41, 5.74) is -1.55. The van der Waals surface area contributed by atoms with Gasteiger partial charge in [0.2, 0.25) is 0 Å². The SMILES string of the molecule is C/C=C/C(C=O)(C=O)C=O. The molecule has 54 valence electrons. The first-order valence-electron chi connectivity index (χ1n) is 2.77. The first kappa shape index (κ1) is 8.75. The minimum Gasteiger partial charge on any atom is -0.301 e. The van der Waals surface area contributed by atoms with E-state index >= 15 is 0 Å². The van der Waals surface area contributed by atoms with E-state index in [1.165, 1.54) is 12.2 Å². The Hall–Kier alpha value is -1.25. The first-order valence-corrected chi connectivity index (χ1v) is 2.77. The summed E-state index contributed by atoms with van der Waals surface area (Å²) in [6.07, 6.45) is 3.67. The van der Waals surface area contributed by atoms with E-state index in [2.05, 4.69) is 0 Å². The van der Waals surface area contributed by atoms with Gasteiger partial charge in [-0.2, -0.15) is 0 Å². The largest absolute Gasteiger partial charge is 0.301 e. The van der Waals surface area contributed by atoms with Crippen molar-refractivity contribution in [2.24, 2.45) is 5.41 Å². The van der Waals surface area contributed by atoms with Gasteiger partial charge in [0.05, 0.1) is 0 Å². The van der Waals surface area contributed by atoms with Gasteiger partial charge in [0.25, 0.3) is 0 Å². The van der Waals surface area contributed by atoms with Crippen LogP contribution in [0, 0.1) is 5.41 Å². The van der Waals surface area contributed by atoms with Gasteiger partial charge in [0.1, 0.15) is 18.9 Å². The molecule has 0 fully saturated rings. The molecule has 0 aromatic rings. The van der Waals surface area contributed by atoms with E-state index < -0.39 is 5.41 Å². The zero-order valence-electron chi connectivity index (χ0n) is 5.61. The van der Waals surface area contributed by atoms with Gasteiger partial charge < -0.3 is 14.4 Å². The van der Waals surface area contributed by atoms with Crippen molar-refractivity contribution in [1.82, 2.24) is 0 Å². The van der Waals surface area contributed by atoms with Crippen molar-refractivity contribution in [3.63, 3.8) is 0 Å². The number of hydrogen-bond acceptors (Lipinski definition) is 3. The lowest BCUT2D eigenvalue weighted by Crippen LogP contribution is -2.23. The Bertz CT molecular complexity index is 148. The molecule has 0 N–H and O–H groups in total. The van der Waals surface area contributed by atoms with Gasteiger partial charge in [-0.05, 0) is 6.92 Å². The third-order valence-corrected chi connectivity index (χ3v) is 1.07. The zero-order chi connectivity index (χ0) is 8.04. The van der Waals surface area contributed by atoms with Gasteiger partial charge in [-0.25, -0.2) is 0 Å². The average molecular weight is 140 g/mol. The monoisotopic (exact) mass is 140 g/mol. The molecular weight excluding hydrogens is 132 g/mol. The summed E-state index contributed by atoms with van der Waals surface area (Å²) in [5.74, 6) is 0. The Morgan fingerprint density at radius 3 is 1.50 bits per heavy atom. The minimum atomic E-state index is -1.55. The minimum absolute atomic E-state index is 0.312. The molecule has 0 aliphatic rings. The lowest BCUT2D eigenvalue weighted by atomic mass is 9.94. The maximum Gasteiger partial charge on any atom is 0.154 e. The second-order valence-electron chi connectivity index (χ2n) is 1.85. The summed E-state index contributed by atoms with van der Waals surface area (Å²) in [5, 5.41) is 0. The highest BCUT2D eigenvalue weighted by Gasteiger charge is 2.24. The molecule has 0 rings (SSSR count). The van der Waals surface area contributed by atoms with Crippen LogP contribution >= 0.6 is 0 Å². The van der Waals surface area contributed by atoms with E-state index in [0.29, 0.717) is 18.9 Å². The van der Waals surface area contributed by atoms with Crippen molar-refractivity contribution >= 4 is 18.9 Å². The van der Waals surface area contributed by atoms with Crippen LogP contribution in [0.15, 0.2) is 12.2 Å². The molecule has 0 atom stereocenters. The fourth-order valence-electron chi connectivity index (χ4n) is 0.490. The maximum atomic E-state index is 10.2. The van der Waals surface area contributed by atoms with Crippen molar-refractivity contribution in [2.45, 2.75) is 6.92 Å². The van der Waals surface area contributed by atoms with Gasteiger partial charge >= 0.3 is 0 Å². The number of rotatable bonds is 4. The molecule has 10 heavy (non-hydrogen) atoms. The molecule has 0 spiro atoms. The van der Waals surface area contributed by atoms with E-state index in [-0.39, 0.29) is 0 Å². The molecule has 3 heteroatoms. The molecule has 0 aliphatic heterocycles. The van der Waals surface area contributed by atoms with E-state index in [1.807, 2.05) is 0 Å². The van der Waals surface area contributed by atoms with Crippen molar-refractivity contribution in [3.05, 3.63) is 12.2 Å². The molecule has 0 amide bonds. The van der Waals surface area contributed by atoms with Crippen LogP contribution in [0.25, 0.3) is 0 Å². The summed E-state index contributed by atoms with van der Waals surface area (Å²) in [7, 11) is 0. The van der Waals surface area contributed by atoms with Crippen molar-refractivity contribution in [3.8, 4) is 0 Å². The molecular formula is C7H8O3. The molecule has 0 aromatic carbocycles. The number of hydrogen-bond donors (Lipinski definition) is 0. The Kier molecular flexibility index (Phi) is 3.25. The third kappa shape index (κ3) is 1.62. The van der Waals surface area contributed by atoms with Crippen LogP contribution in [0.3, 0.4) is 0 Å². The summed E-state index contributed by atoms with van der Waals surface area (Å²) in [4.78, 5) is 30.5. The van der Waals surface area contributed by atoms with E-state index in [1.54, 1.807) is 6.92 Å². The summed E-state index contributed by atoms with van der Waals surface area (Å²) < 4.78 is 0. The van der Waals surface area contributed by atoms with Gasteiger partial charge in [-0.1, -0.05) is 12.2 Å². The smallest absolute Gasteiger partial charge is 0.154 e. The molecule has 0 heterocycles. The molecule has 0 saturated heterocycles. The van der Waals surface area contributed by atoms with Crippen LogP contribution < -0.4 is 0 Å². The van der Waals surface area contributed by atoms with Crippen LogP contribution in [-0.4, -0.2) is 18.9 Å². The standard InChI is InChI=1S/C7H8O3/c1-2-3-7(4-8,5-9)6-10/h2-6H,1H3/b3-2+. The van der Waals surface area contributed by atoms with Crippen LogP contribution in [-0.2, 0) is 14.4 Å². The normalized spacial score (nSPS) is 11.3. The molecule has 0 aliphatic carbocycles. The van der Waals surface area contributed by atoms with Crippen LogP contribution in [0.5, 0.6) is 0 Å². The third-order valence-electron chi connectivity index (χ3n) is 1.07. The number of allylic oxidation sites excluding steroid dienone is 2. The highest BCUT2D eigenvalue weighted by atomic mass is 16.2. The van der Waals surface area contributed by atoms with E-state index in [0.717, 1.165) is 0 Å². The first-order chi connectivity index (χ1) is 4.74. The van der Waals surface area contributed by atoms with E-state index in [9.17, 15) is 14.4 Å². The predicted molar refractivity (Wildman–Crippen MR) is 35.4 cm³/mol. The zero-order valence-corrected chi connectivity index (χ0v) is 5.61. The number of carbonyl (C=O) groups is 3. The van der Waals surface area contributed by atoms with Gasteiger partial charge in [0.15, 0.2) is 5.41 Å². The van der Waals surface area contributed by atoms with E-state index in [4.69, 9.17) is 0 Å². The van der Waals surface area contributed by atoms with Gasteiger partial charge in [-0.15, -0.1) is 0 Å². The summed E-state index contributed by atoms with van der Waals surface area (Å²) >= 11 is 0.